The fraction of sp³-hybridized carbons (Fsp3) is 0.133. The van der Waals surface area contributed by atoms with Gasteiger partial charge in [-0.2, -0.15) is 5.10 Å². The van der Waals surface area contributed by atoms with E-state index in [-0.39, 0.29) is 5.56 Å². The lowest BCUT2D eigenvalue weighted by atomic mass is 10.2. The predicted molar refractivity (Wildman–Crippen MR) is 83.0 cm³/mol. The number of aromatic nitrogens is 4. The van der Waals surface area contributed by atoms with Gasteiger partial charge in [0.2, 0.25) is 0 Å². The van der Waals surface area contributed by atoms with Crippen molar-refractivity contribution in [2.24, 2.45) is 0 Å². The van der Waals surface area contributed by atoms with Crippen molar-refractivity contribution in [2.75, 3.05) is 0 Å². The van der Waals surface area contributed by atoms with Crippen molar-refractivity contribution >= 4 is 27.1 Å². The molecule has 4 rings (SSSR count). The van der Waals surface area contributed by atoms with Gasteiger partial charge in [0.05, 0.1) is 17.1 Å². The van der Waals surface area contributed by atoms with Gasteiger partial charge in [-0.25, -0.2) is 9.50 Å². The number of aryl methyl sites for hydroxylation is 1. The first-order valence-corrected chi connectivity index (χ1v) is 7.48. The zero-order chi connectivity index (χ0) is 14.4. The molecule has 0 atom stereocenters. The lowest BCUT2D eigenvalue weighted by Crippen LogP contribution is -2.11. The third kappa shape index (κ3) is 1.95. The number of fused-ring (bicyclic) bond motifs is 2. The molecule has 0 aliphatic rings. The van der Waals surface area contributed by atoms with Gasteiger partial charge < -0.3 is 4.98 Å². The van der Waals surface area contributed by atoms with E-state index >= 15 is 0 Å². The Morgan fingerprint density at radius 3 is 3.19 bits per heavy atom. The maximum absolute atomic E-state index is 12.2. The zero-order valence-electron chi connectivity index (χ0n) is 11.3. The molecule has 4 aromatic heterocycles. The molecule has 0 fully saturated rings. The van der Waals surface area contributed by atoms with E-state index in [1.165, 1.54) is 11.3 Å². The van der Waals surface area contributed by atoms with Crippen LogP contribution in [-0.2, 0) is 6.42 Å². The number of nitrogens with one attached hydrogen (secondary N) is 1. The van der Waals surface area contributed by atoms with Crippen molar-refractivity contribution in [1.29, 1.82) is 0 Å². The number of H-pyrrole nitrogens is 1. The molecule has 6 heteroatoms. The Kier molecular flexibility index (Phi) is 2.65. The van der Waals surface area contributed by atoms with Crippen LogP contribution in [0, 0.1) is 6.92 Å². The highest BCUT2D eigenvalue weighted by Crippen LogP contribution is 2.21. The second kappa shape index (κ2) is 4.53. The molecular formula is C15H12N4OS. The molecule has 0 saturated carbocycles. The molecule has 5 nitrogen and oxygen atoms in total. The minimum absolute atomic E-state index is 0.0646. The standard InChI is InChI=1S/C15H12N4OS/c1-9-8-21-15-13(9)14(20)17-12(18-15)6-10-7-16-19-5-3-2-4-11(10)19/h2-5,7-8H,6H2,1H3,(H,17,18,20). The summed E-state index contributed by atoms with van der Waals surface area (Å²) in [6.45, 7) is 1.93. The number of aromatic amines is 1. The molecule has 0 saturated heterocycles. The summed E-state index contributed by atoms with van der Waals surface area (Å²) in [5, 5.41) is 6.97. The van der Waals surface area contributed by atoms with Gasteiger partial charge in [0.25, 0.3) is 5.56 Å². The summed E-state index contributed by atoms with van der Waals surface area (Å²) in [5.74, 6) is 0.674. The van der Waals surface area contributed by atoms with E-state index < -0.39 is 0 Å². The molecule has 104 valence electrons. The van der Waals surface area contributed by atoms with Crippen LogP contribution in [0.5, 0.6) is 0 Å². The van der Waals surface area contributed by atoms with Crippen LogP contribution >= 0.6 is 11.3 Å². The van der Waals surface area contributed by atoms with Crippen LogP contribution in [0.3, 0.4) is 0 Å². The number of hydrogen-bond acceptors (Lipinski definition) is 4. The summed E-state index contributed by atoms with van der Waals surface area (Å²) in [6.07, 6.45) is 4.29. The van der Waals surface area contributed by atoms with Gasteiger partial charge in [0.1, 0.15) is 10.7 Å². The number of rotatable bonds is 2. The Morgan fingerprint density at radius 2 is 2.29 bits per heavy atom. The molecule has 0 unspecified atom stereocenters. The van der Waals surface area contributed by atoms with Crippen molar-refractivity contribution in [1.82, 2.24) is 19.6 Å². The third-order valence-electron chi connectivity index (χ3n) is 3.54. The summed E-state index contributed by atoms with van der Waals surface area (Å²) >= 11 is 1.51. The molecule has 4 heterocycles. The molecule has 1 N–H and O–H groups in total. The van der Waals surface area contributed by atoms with Gasteiger partial charge in [0, 0.05) is 18.2 Å². The van der Waals surface area contributed by atoms with Crippen molar-refractivity contribution < 1.29 is 0 Å². The predicted octanol–water partition coefficient (Wildman–Crippen LogP) is 2.53. The van der Waals surface area contributed by atoms with Crippen LogP contribution in [0.2, 0.25) is 0 Å². The van der Waals surface area contributed by atoms with Crippen LogP contribution in [0.15, 0.2) is 40.8 Å². The summed E-state index contributed by atoms with van der Waals surface area (Å²) < 4.78 is 1.82. The molecular weight excluding hydrogens is 284 g/mol. The SMILES string of the molecule is Cc1csc2nc(Cc3cnn4ccccc34)[nH]c(=O)c12. The topological polar surface area (TPSA) is 63.1 Å². The van der Waals surface area contributed by atoms with Gasteiger partial charge in [-0.15, -0.1) is 11.3 Å². The minimum Gasteiger partial charge on any atom is -0.310 e. The maximum Gasteiger partial charge on any atom is 0.259 e. The first-order valence-electron chi connectivity index (χ1n) is 6.60. The van der Waals surface area contributed by atoms with E-state index in [1.807, 2.05) is 47.4 Å². The Balaban J connectivity index is 1.82. The van der Waals surface area contributed by atoms with Gasteiger partial charge in [-0.05, 0) is 30.0 Å². The fourth-order valence-electron chi connectivity index (χ4n) is 2.52. The molecule has 4 aromatic rings. The van der Waals surface area contributed by atoms with Gasteiger partial charge in [-0.3, -0.25) is 4.79 Å². The highest BCUT2D eigenvalue weighted by molar-refractivity contribution is 7.16. The van der Waals surface area contributed by atoms with Crippen LogP contribution in [0.1, 0.15) is 17.0 Å². The van der Waals surface area contributed by atoms with Crippen molar-refractivity contribution in [2.45, 2.75) is 13.3 Å². The van der Waals surface area contributed by atoms with E-state index in [0.29, 0.717) is 17.6 Å². The third-order valence-corrected chi connectivity index (χ3v) is 4.53. The Bertz CT molecular complexity index is 1010. The molecule has 0 amide bonds. The lowest BCUT2D eigenvalue weighted by molar-refractivity contribution is 0.961. The fourth-order valence-corrected chi connectivity index (χ4v) is 3.46. The van der Waals surface area contributed by atoms with E-state index in [0.717, 1.165) is 21.5 Å². The Morgan fingerprint density at radius 1 is 1.38 bits per heavy atom. The number of pyridine rings is 1. The van der Waals surface area contributed by atoms with Crippen molar-refractivity contribution in [3.63, 3.8) is 0 Å². The van der Waals surface area contributed by atoms with E-state index in [2.05, 4.69) is 15.1 Å². The molecule has 0 bridgehead atoms. The second-order valence-electron chi connectivity index (χ2n) is 4.99. The number of hydrogen-bond donors (Lipinski definition) is 1. The van der Waals surface area contributed by atoms with Gasteiger partial charge >= 0.3 is 0 Å². The average Bonchev–Trinajstić information content (AvgIpc) is 3.04. The minimum atomic E-state index is -0.0646. The monoisotopic (exact) mass is 296 g/mol. The zero-order valence-corrected chi connectivity index (χ0v) is 12.1. The molecule has 0 spiro atoms. The number of nitrogens with zero attached hydrogens (tertiary/aromatic N) is 3. The Labute approximate surface area is 123 Å². The maximum atomic E-state index is 12.2. The van der Waals surface area contributed by atoms with Crippen LogP contribution < -0.4 is 5.56 Å². The highest BCUT2D eigenvalue weighted by atomic mass is 32.1. The second-order valence-corrected chi connectivity index (χ2v) is 5.85. The highest BCUT2D eigenvalue weighted by Gasteiger charge is 2.11. The smallest absolute Gasteiger partial charge is 0.259 e. The lowest BCUT2D eigenvalue weighted by Gasteiger charge is -2.00. The van der Waals surface area contributed by atoms with E-state index in [9.17, 15) is 4.79 Å². The summed E-state index contributed by atoms with van der Waals surface area (Å²) in [4.78, 5) is 20.4. The van der Waals surface area contributed by atoms with Crippen LogP contribution in [-0.4, -0.2) is 19.6 Å². The summed E-state index contributed by atoms with van der Waals surface area (Å²) in [6, 6.07) is 5.92. The molecule has 21 heavy (non-hydrogen) atoms. The quantitative estimate of drug-likeness (QED) is 0.618. The molecule has 0 aromatic carbocycles. The van der Waals surface area contributed by atoms with Crippen LogP contribution in [0.25, 0.3) is 15.7 Å². The van der Waals surface area contributed by atoms with Crippen molar-refractivity contribution in [3.8, 4) is 0 Å². The number of thiophene rings is 1. The first-order chi connectivity index (χ1) is 10.2. The van der Waals surface area contributed by atoms with Gasteiger partial charge in [-0.1, -0.05) is 6.07 Å². The molecule has 0 aliphatic heterocycles. The normalized spacial score (nSPS) is 11.5. The first kappa shape index (κ1) is 12.3. The summed E-state index contributed by atoms with van der Waals surface area (Å²) in [5.41, 5.74) is 2.99. The van der Waals surface area contributed by atoms with E-state index in [4.69, 9.17) is 0 Å². The van der Waals surface area contributed by atoms with E-state index in [1.54, 1.807) is 0 Å². The van der Waals surface area contributed by atoms with Crippen molar-refractivity contribution in [3.05, 3.63) is 63.3 Å². The largest absolute Gasteiger partial charge is 0.310 e. The Hall–Kier alpha value is -2.47. The van der Waals surface area contributed by atoms with Crippen LogP contribution in [0.4, 0.5) is 0 Å². The average molecular weight is 296 g/mol. The molecule has 0 aliphatic carbocycles. The van der Waals surface area contributed by atoms with Gasteiger partial charge in [0.15, 0.2) is 0 Å². The summed E-state index contributed by atoms with van der Waals surface area (Å²) in [7, 11) is 0. The molecule has 0 radical (unpaired) electrons.